The maximum atomic E-state index is 13.2. The molecule has 0 saturated carbocycles. The number of rotatable bonds is 7. The lowest BCUT2D eigenvalue weighted by atomic mass is 9.99. The fourth-order valence-corrected chi connectivity index (χ4v) is 3.87. The molecular weight excluding hydrogens is 402 g/mol. The van der Waals surface area contributed by atoms with Gasteiger partial charge in [0.25, 0.3) is 0 Å². The van der Waals surface area contributed by atoms with Crippen LogP contribution in [0.1, 0.15) is 30.9 Å². The Morgan fingerprint density at radius 3 is 2.47 bits per heavy atom. The number of nitrogens with zero attached hydrogens (tertiary/aromatic N) is 2. The van der Waals surface area contributed by atoms with E-state index in [4.69, 9.17) is 9.57 Å². The Balaban J connectivity index is 1.85. The summed E-state index contributed by atoms with van der Waals surface area (Å²) in [4.78, 5) is 22.8. The van der Waals surface area contributed by atoms with E-state index in [0.29, 0.717) is 18.2 Å². The van der Waals surface area contributed by atoms with E-state index < -0.39 is 0 Å². The van der Waals surface area contributed by atoms with Gasteiger partial charge in [-0.15, -0.1) is 0 Å². The summed E-state index contributed by atoms with van der Waals surface area (Å²) in [6.45, 7) is 4.73. The second kappa shape index (κ2) is 9.34. The van der Waals surface area contributed by atoms with Crippen molar-refractivity contribution >= 4 is 16.6 Å². The lowest BCUT2D eigenvalue weighted by Crippen LogP contribution is -2.75. The molecule has 0 fully saturated rings. The molecule has 4 aromatic rings. The van der Waals surface area contributed by atoms with E-state index in [0.717, 1.165) is 33.5 Å². The Bertz CT molecular complexity index is 1290. The molecule has 0 aliphatic heterocycles. The Labute approximate surface area is 187 Å². The summed E-state index contributed by atoms with van der Waals surface area (Å²) in [5.74, 6) is 1.16. The number of benzene rings is 3. The van der Waals surface area contributed by atoms with Gasteiger partial charge in [0.15, 0.2) is 5.69 Å². The van der Waals surface area contributed by atoms with Crippen LogP contribution in [0, 0.1) is 0 Å². The van der Waals surface area contributed by atoms with Gasteiger partial charge in [-0.1, -0.05) is 50.2 Å². The molecule has 0 aliphatic carbocycles. The summed E-state index contributed by atoms with van der Waals surface area (Å²) in [6, 6.07) is 21.9. The molecule has 0 saturated heterocycles. The number of ether oxygens (including phenoxy) is 1. The second-order valence-corrected chi connectivity index (χ2v) is 8.09. The maximum absolute atomic E-state index is 13.2. The minimum atomic E-state index is -0.285. The molecule has 1 heterocycles. The first-order valence-electron chi connectivity index (χ1n) is 10.6. The smallest absolute Gasteiger partial charge is 0.348 e. The van der Waals surface area contributed by atoms with Gasteiger partial charge in [-0.2, -0.15) is 10.5 Å². The summed E-state index contributed by atoms with van der Waals surface area (Å²) in [6.07, 6.45) is 0. The van der Waals surface area contributed by atoms with Crippen LogP contribution in [0.3, 0.4) is 0 Å². The normalized spacial score (nSPS) is 11.3. The molecule has 0 aliphatic rings. The van der Waals surface area contributed by atoms with E-state index in [-0.39, 0.29) is 5.69 Å². The van der Waals surface area contributed by atoms with Crippen molar-refractivity contribution in [3.8, 4) is 17.0 Å². The van der Waals surface area contributed by atoms with Gasteiger partial charge in [0.05, 0.1) is 32.0 Å². The predicted octanol–water partition coefficient (Wildman–Crippen LogP) is 4.00. The van der Waals surface area contributed by atoms with Crippen LogP contribution in [0.4, 0.5) is 5.69 Å². The summed E-state index contributed by atoms with van der Waals surface area (Å²) in [5.41, 5.74) is 6.96. The fourth-order valence-electron chi connectivity index (χ4n) is 3.87. The third-order valence-corrected chi connectivity index (χ3v) is 5.58. The highest BCUT2D eigenvalue weighted by Gasteiger charge is 2.14. The van der Waals surface area contributed by atoms with Crippen molar-refractivity contribution in [1.29, 1.82) is 0 Å². The minimum Gasteiger partial charge on any atom is -0.497 e. The van der Waals surface area contributed by atoms with E-state index in [1.807, 2.05) is 54.6 Å². The van der Waals surface area contributed by atoms with E-state index in [1.165, 1.54) is 5.56 Å². The van der Waals surface area contributed by atoms with Crippen LogP contribution in [0.15, 0.2) is 71.5 Å². The second-order valence-electron chi connectivity index (χ2n) is 8.09. The van der Waals surface area contributed by atoms with Crippen LogP contribution in [-0.4, -0.2) is 23.8 Å². The molecule has 0 unspecified atom stereocenters. The Morgan fingerprint density at radius 1 is 1.00 bits per heavy atom. The number of hydrogen-bond donors (Lipinski definition) is 1. The van der Waals surface area contributed by atoms with E-state index in [9.17, 15) is 4.79 Å². The molecule has 0 bridgehead atoms. The van der Waals surface area contributed by atoms with Gasteiger partial charge >= 0.3 is 5.69 Å². The standard InChI is InChI=1S/C26H27N3O3/c1-17(2)19-8-10-20(11-9-19)25-23-15-22(31-3)12-13-24(23)29(26(30)27-25)16-18-6-5-7-21(14-18)28-32-4/h5-15,17,28H,16H2,1-4H3/p+1. The van der Waals surface area contributed by atoms with Crippen molar-refractivity contribution in [2.75, 3.05) is 14.2 Å². The van der Waals surface area contributed by atoms with Gasteiger partial charge in [-0.05, 0) is 35.2 Å². The van der Waals surface area contributed by atoms with Gasteiger partial charge < -0.3 is 4.74 Å². The molecule has 32 heavy (non-hydrogen) atoms. The third kappa shape index (κ3) is 4.42. The first kappa shape index (κ1) is 21.7. The lowest BCUT2D eigenvalue weighted by Gasteiger charge is -2.15. The van der Waals surface area contributed by atoms with Crippen LogP contribution in [0.25, 0.3) is 22.2 Å². The number of methoxy groups -OCH3 is 1. The third-order valence-electron chi connectivity index (χ3n) is 5.58. The monoisotopic (exact) mass is 430 g/mol. The molecule has 0 atom stereocenters. The first-order valence-corrected chi connectivity index (χ1v) is 10.6. The molecule has 6 heteroatoms. The Hall–Kier alpha value is -3.48. The highest BCUT2D eigenvalue weighted by Crippen LogP contribution is 2.30. The van der Waals surface area contributed by atoms with Crippen LogP contribution in [0.5, 0.6) is 5.75 Å². The van der Waals surface area contributed by atoms with Crippen molar-refractivity contribution in [2.24, 2.45) is 0 Å². The topological polar surface area (TPSA) is 70.0 Å². The van der Waals surface area contributed by atoms with E-state index >= 15 is 0 Å². The Kier molecular flexibility index (Phi) is 6.35. The van der Waals surface area contributed by atoms with E-state index in [1.54, 1.807) is 24.3 Å². The zero-order valence-electron chi connectivity index (χ0n) is 18.8. The van der Waals surface area contributed by atoms with Gasteiger partial charge in [-0.3, -0.25) is 4.57 Å². The maximum Gasteiger partial charge on any atom is 0.348 e. The van der Waals surface area contributed by atoms with Crippen molar-refractivity contribution < 1.29 is 15.1 Å². The van der Waals surface area contributed by atoms with Crippen LogP contribution in [-0.2, 0) is 11.4 Å². The first-order chi connectivity index (χ1) is 15.5. The fraction of sp³-hybridized carbons (Fsp3) is 0.231. The van der Waals surface area contributed by atoms with Crippen molar-refractivity contribution in [1.82, 2.24) is 9.55 Å². The molecular formula is C26H28N3O3+. The highest BCUT2D eigenvalue weighted by molar-refractivity contribution is 5.93. The summed E-state index contributed by atoms with van der Waals surface area (Å²) < 4.78 is 7.16. The lowest BCUT2D eigenvalue weighted by molar-refractivity contribution is -0.830. The molecule has 4 rings (SSSR count). The predicted molar refractivity (Wildman–Crippen MR) is 126 cm³/mol. The van der Waals surface area contributed by atoms with Gasteiger partial charge in [0.1, 0.15) is 5.75 Å². The van der Waals surface area contributed by atoms with Crippen molar-refractivity contribution in [3.63, 3.8) is 0 Å². The molecule has 1 aromatic heterocycles. The number of hydrogen-bond acceptors (Lipinski definition) is 4. The number of aromatic nitrogens is 2. The van der Waals surface area contributed by atoms with Crippen LogP contribution < -0.4 is 15.9 Å². The van der Waals surface area contributed by atoms with Gasteiger partial charge in [-0.25, -0.2) is 9.63 Å². The highest BCUT2D eigenvalue weighted by atomic mass is 16.6. The minimum absolute atomic E-state index is 0.285. The molecule has 164 valence electrons. The molecule has 3 aromatic carbocycles. The molecule has 0 spiro atoms. The molecule has 0 radical (unpaired) electrons. The Morgan fingerprint density at radius 2 is 1.78 bits per heavy atom. The largest absolute Gasteiger partial charge is 0.497 e. The van der Waals surface area contributed by atoms with Crippen molar-refractivity contribution in [3.05, 3.63) is 88.3 Å². The average Bonchev–Trinajstić information content (AvgIpc) is 2.81. The number of quaternary nitrogens is 1. The summed E-state index contributed by atoms with van der Waals surface area (Å²) in [5, 5.41) is 0.876. The van der Waals surface area contributed by atoms with Crippen molar-refractivity contribution in [2.45, 2.75) is 26.3 Å². The number of fused-ring (bicyclic) bond motifs is 1. The summed E-state index contributed by atoms with van der Waals surface area (Å²) >= 11 is 0. The summed E-state index contributed by atoms with van der Waals surface area (Å²) in [7, 11) is 3.26. The van der Waals surface area contributed by atoms with E-state index in [2.05, 4.69) is 31.0 Å². The molecule has 0 amide bonds. The quantitative estimate of drug-likeness (QED) is 0.355. The zero-order chi connectivity index (χ0) is 22.7. The zero-order valence-corrected chi connectivity index (χ0v) is 18.8. The SMILES string of the molecule is CO[NH2+]c1cccc(Cn2c(=O)nc(-c3ccc(C(C)C)cc3)c3cc(OC)ccc32)c1. The molecule has 2 N–H and O–H groups in total. The average molecular weight is 431 g/mol. The van der Waals surface area contributed by atoms with Crippen LogP contribution >= 0.6 is 0 Å². The molecule has 6 nitrogen and oxygen atoms in total. The number of nitrogens with two attached hydrogens (primary N) is 1. The van der Waals surface area contributed by atoms with Gasteiger partial charge in [0.2, 0.25) is 0 Å². The van der Waals surface area contributed by atoms with Crippen LogP contribution in [0.2, 0.25) is 0 Å². The van der Waals surface area contributed by atoms with Gasteiger partial charge in [0, 0.05) is 23.1 Å².